The Hall–Kier alpha value is -1.53. The summed E-state index contributed by atoms with van der Waals surface area (Å²) in [5, 5.41) is 13.2. The van der Waals surface area contributed by atoms with Gasteiger partial charge in [0.1, 0.15) is 5.01 Å². The molecule has 0 fully saturated rings. The largest absolute Gasteiger partial charge is 0.364 e. The van der Waals surface area contributed by atoms with E-state index in [4.69, 9.17) is 0 Å². The maximum Gasteiger partial charge on any atom is 0.192 e. The van der Waals surface area contributed by atoms with Crippen molar-refractivity contribution in [3.8, 4) is 10.6 Å². The normalized spacial score (nSPS) is 10.8. The molecule has 0 saturated carbocycles. The van der Waals surface area contributed by atoms with Gasteiger partial charge in [0.25, 0.3) is 0 Å². The molecule has 5 nitrogen and oxygen atoms in total. The number of aryl methyl sites for hydroxylation is 2. The Morgan fingerprint density at radius 3 is 3.00 bits per heavy atom. The molecule has 102 valence electrons. The number of aromatic nitrogens is 3. The summed E-state index contributed by atoms with van der Waals surface area (Å²) < 4.78 is 0. The van der Waals surface area contributed by atoms with Gasteiger partial charge in [0.15, 0.2) is 10.4 Å². The van der Waals surface area contributed by atoms with Crippen molar-refractivity contribution in [2.24, 2.45) is 0 Å². The van der Waals surface area contributed by atoms with Gasteiger partial charge in [0.05, 0.1) is 5.56 Å². The number of aromatic amines is 1. The van der Waals surface area contributed by atoms with Gasteiger partial charge in [-0.1, -0.05) is 18.3 Å². The van der Waals surface area contributed by atoms with Crippen LogP contribution < -0.4 is 10.7 Å². The van der Waals surface area contributed by atoms with E-state index in [2.05, 4.69) is 27.4 Å². The molecule has 2 aromatic rings. The molecule has 0 saturated heterocycles. The third-order valence-corrected chi connectivity index (χ3v) is 3.76. The molecule has 0 atom stereocenters. The van der Waals surface area contributed by atoms with Crippen LogP contribution in [0.5, 0.6) is 0 Å². The third-order valence-electron chi connectivity index (χ3n) is 2.75. The zero-order valence-corrected chi connectivity index (χ0v) is 12.0. The fourth-order valence-electron chi connectivity index (χ4n) is 1.75. The van der Waals surface area contributed by atoms with Gasteiger partial charge in [0.2, 0.25) is 0 Å². The molecular weight excluding hydrogens is 260 g/mol. The van der Waals surface area contributed by atoms with Crippen molar-refractivity contribution in [1.29, 1.82) is 0 Å². The smallest absolute Gasteiger partial charge is 0.192 e. The molecule has 2 rings (SSSR count). The Labute approximate surface area is 116 Å². The second kappa shape index (κ2) is 6.58. The first-order chi connectivity index (χ1) is 9.20. The average Bonchev–Trinajstić information content (AvgIpc) is 2.83. The van der Waals surface area contributed by atoms with Crippen LogP contribution in [-0.2, 0) is 6.42 Å². The Morgan fingerprint density at radius 2 is 2.26 bits per heavy atom. The zero-order valence-electron chi connectivity index (χ0n) is 11.2. The van der Waals surface area contributed by atoms with Crippen LogP contribution >= 0.6 is 11.3 Å². The molecule has 0 aliphatic heterocycles. The minimum Gasteiger partial charge on any atom is -0.364 e. The highest BCUT2D eigenvalue weighted by Crippen LogP contribution is 2.20. The Balaban J connectivity index is 2.06. The Morgan fingerprint density at radius 1 is 1.42 bits per heavy atom. The van der Waals surface area contributed by atoms with Crippen molar-refractivity contribution < 1.29 is 0 Å². The number of pyridine rings is 1. The first kappa shape index (κ1) is 13.9. The molecule has 0 aliphatic carbocycles. The van der Waals surface area contributed by atoms with E-state index < -0.39 is 0 Å². The number of nitrogens with one attached hydrogen (secondary N) is 2. The predicted molar refractivity (Wildman–Crippen MR) is 77.6 cm³/mol. The molecule has 0 radical (unpaired) electrons. The van der Waals surface area contributed by atoms with E-state index in [9.17, 15) is 4.79 Å². The molecule has 0 bridgehead atoms. The van der Waals surface area contributed by atoms with Crippen LogP contribution in [0.1, 0.15) is 24.0 Å². The SMILES string of the molecule is CCNCCCc1nnc(-c2c[nH]c(C)cc2=O)s1. The number of hydrogen-bond acceptors (Lipinski definition) is 5. The Bertz CT molecular complexity index is 590. The van der Waals surface area contributed by atoms with Crippen molar-refractivity contribution in [3.63, 3.8) is 0 Å². The standard InChI is InChI=1S/C13H18N4OS/c1-3-14-6-4-5-12-16-17-13(19-12)10-8-15-9(2)7-11(10)18/h7-8,14H,3-6H2,1-2H3,(H,15,18). The highest BCUT2D eigenvalue weighted by molar-refractivity contribution is 7.14. The van der Waals surface area contributed by atoms with Gasteiger partial charge in [-0.3, -0.25) is 4.79 Å². The minimum absolute atomic E-state index is 0.00778. The van der Waals surface area contributed by atoms with Crippen LogP contribution in [0.15, 0.2) is 17.1 Å². The molecule has 6 heteroatoms. The molecule has 0 aliphatic rings. The lowest BCUT2D eigenvalue weighted by molar-refractivity contribution is 0.669. The minimum atomic E-state index is -0.00778. The third kappa shape index (κ3) is 3.71. The van der Waals surface area contributed by atoms with E-state index in [0.29, 0.717) is 10.6 Å². The molecule has 19 heavy (non-hydrogen) atoms. The van der Waals surface area contributed by atoms with Gasteiger partial charge in [0, 0.05) is 24.4 Å². The predicted octanol–water partition coefficient (Wildman–Crippen LogP) is 1.74. The summed E-state index contributed by atoms with van der Waals surface area (Å²) in [7, 11) is 0. The molecule has 2 heterocycles. The first-order valence-electron chi connectivity index (χ1n) is 6.43. The zero-order chi connectivity index (χ0) is 13.7. The summed E-state index contributed by atoms with van der Waals surface area (Å²) >= 11 is 1.49. The summed E-state index contributed by atoms with van der Waals surface area (Å²) in [6.45, 7) is 5.92. The van der Waals surface area contributed by atoms with E-state index in [1.54, 1.807) is 12.3 Å². The average molecular weight is 278 g/mol. The lowest BCUT2D eigenvalue weighted by Crippen LogP contribution is -2.14. The maximum atomic E-state index is 11.9. The highest BCUT2D eigenvalue weighted by Gasteiger charge is 2.09. The molecule has 0 amide bonds. The van der Waals surface area contributed by atoms with Gasteiger partial charge < -0.3 is 10.3 Å². The summed E-state index contributed by atoms with van der Waals surface area (Å²) in [6.07, 6.45) is 3.64. The topological polar surface area (TPSA) is 70.7 Å². The molecule has 0 aromatic carbocycles. The van der Waals surface area contributed by atoms with Gasteiger partial charge in [-0.15, -0.1) is 10.2 Å². The van der Waals surface area contributed by atoms with Crippen molar-refractivity contribution in [2.75, 3.05) is 13.1 Å². The summed E-state index contributed by atoms with van der Waals surface area (Å²) in [5.41, 5.74) is 1.44. The number of H-pyrrole nitrogens is 1. The van der Waals surface area contributed by atoms with E-state index in [0.717, 1.165) is 36.6 Å². The van der Waals surface area contributed by atoms with Crippen LogP contribution in [0.2, 0.25) is 0 Å². The van der Waals surface area contributed by atoms with Crippen LogP contribution in [0.3, 0.4) is 0 Å². The van der Waals surface area contributed by atoms with Crippen molar-refractivity contribution in [1.82, 2.24) is 20.5 Å². The lowest BCUT2D eigenvalue weighted by Gasteiger charge is -1.98. The highest BCUT2D eigenvalue weighted by atomic mass is 32.1. The van der Waals surface area contributed by atoms with Crippen LogP contribution in [0.25, 0.3) is 10.6 Å². The van der Waals surface area contributed by atoms with Crippen molar-refractivity contribution in [3.05, 3.63) is 33.2 Å². The maximum absolute atomic E-state index is 11.9. The van der Waals surface area contributed by atoms with Crippen LogP contribution in [0, 0.1) is 6.92 Å². The van der Waals surface area contributed by atoms with E-state index in [1.807, 2.05) is 6.92 Å². The lowest BCUT2D eigenvalue weighted by atomic mass is 10.2. The van der Waals surface area contributed by atoms with Crippen LogP contribution in [-0.4, -0.2) is 28.3 Å². The van der Waals surface area contributed by atoms with Gasteiger partial charge in [-0.2, -0.15) is 0 Å². The van der Waals surface area contributed by atoms with Gasteiger partial charge in [-0.25, -0.2) is 0 Å². The van der Waals surface area contributed by atoms with Crippen LogP contribution in [0.4, 0.5) is 0 Å². The molecule has 0 spiro atoms. The van der Waals surface area contributed by atoms with E-state index >= 15 is 0 Å². The summed E-state index contributed by atoms with van der Waals surface area (Å²) in [4.78, 5) is 14.9. The summed E-state index contributed by atoms with van der Waals surface area (Å²) in [5.74, 6) is 0. The fraction of sp³-hybridized carbons (Fsp3) is 0.462. The fourth-order valence-corrected chi connectivity index (χ4v) is 2.65. The molecule has 0 unspecified atom stereocenters. The van der Waals surface area contributed by atoms with Crippen molar-refractivity contribution >= 4 is 11.3 Å². The second-order valence-electron chi connectivity index (χ2n) is 4.35. The summed E-state index contributed by atoms with van der Waals surface area (Å²) in [6, 6.07) is 1.58. The van der Waals surface area contributed by atoms with E-state index in [-0.39, 0.29) is 5.43 Å². The first-order valence-corrected chi connectivity index (χ1v) is 7.25. The van der Waals surface area contributed by atoms with Crippen molar-refractivity contribution in [2.45, 2.75) is 26.7 Å². The monoisotopic (exact) mass is 278 g/mol. The molecule has 2 aromatic heterocycles. The quantitative estimate of drug-likeness (QED) is 0.790. The number of hydrogen-bond donors (Lipinski definition) is 2. The second-order valence-corrected chi connectivity index (χ2v) is 5.41. The van der Waals surface area contributed by atoms with Gasteiger partial charge in [-0.05, 0) is 26.4 Å². The van der Waals surface area contributed by atoms with E-state index in [1.165, 1.54) is 11.3 Å². The number of rotatable bonds is 6. The van der Waals surface area contributed by atoms with Gasteiger partial charge >= 0.3 is 0 Å². The molecular formula is C13H18N4OS. The Kier molecular flexibility index (Phi) is 4.81. The molecule has 2 N–H and O–H groups in total. The number of nitrogens with zero attached hydrogens (tertiary/aromatic N) is 2.